The van der Waals surface area contributed by atoms with Crippen molar-refractivity contribution in [1.29, 1.82) is 0 Å². The maximum atomic E-state index is 8.77. The molecule has 4 rings (SSSR count). The molecule has 0 spiro atoms. The Labute approximate surface area is 259 Å². The van der Waals surface area contributed by atoms with Gasteiger partial charge in [0, 0.05) is 25.2 Å². The van der Waals surface area contributed by atoms with Crippen LogP contribution < -0.4 is 30.6 Å². The van der Waals surface area contributed by atoms with E-state index in [9.17, 15) is 0 Å². The summed E-state index contributed by atoms with van der Waals surface area (Å²) in [4.78, 5) is 76.1. The zero-order valence-electron chi connectivity index (χ0n) is 24.2. The molecule has 0 saturated carbocycles. The molecule has 0 saturated heterocycles. The summed E-state index contributed by atoms with van der Waals surface area (Å²) < 4.78 is 26.3. The van der Waals surface area contributed by atoms with Gasteiger partial charge < -0.3 is 65.5 Å². The average Bonchev–Trinajstić information content (AvgIpc) is 2.88. The van der Waals surface area contributed by atoms with Gasteiger partial charge in [-0.25, -0.2) is 4.98 Å². The van der Waals surface area contributed by atoms with Crippen molar-refractivity contribution in [3.05, 3.63) is 77.6 Å². The van der Waals surface area contributed by atoms with E-state index in [2.05, 4.69) is 81.5 Å². The van der Waals surface area contributed by atoms with Gasteiger partial charge in [-0.2, -0.15) is 0 Å². The van der Waals surface area contributed by atoms with Crippen LogP contribution in [0.1, 0.15) is 17.0 Å². The SMILES string of the molecule is O.O=P([O-])(O)O.O=P([O-])(O)O.O=P([O-])(O)O.c1cc2nc(c1)C[NH2+]CCN(CC[NH2+]Cc1cccc3ccccc13)CC[NH2+]C2. The molecule has 2 heterocycles. The van der Waals surface area contributed by atoms with Crippen LogP contribution in [0.15, 0.2) is 60.7 Å². The second-order valence-corrected chi connectivity index (χ2v) is 12.4. The first-order chi connectivity index (χ1) is 20.4. The van der Waals surface area contributed by atoms with Crippen LogP contribution >= 0.6 is 23.5 Å². The number of phosphoric acid groups is 3. The van der Waals surface area contributed by atoms with Crippen molar-refractivity contribution in [3.8, 4) is 0 Å². The van der Waals surface area contributed by atoms with Gasteiger partial charge in [0.05, 0.1) is 31.0 Å². The van der Waals surface area contributed by atoms with E-state index in [0.717, 1.165) is 58.9 Å². The standard InChI is InChI=1S/C24H31N5.3H3O4P.H2O/c1-2-10-24-20(5-1)6-3-7-21(24)17-25-11-14-29-15-12-26-18-22-8-4-9-23(28-22)19-27-13-16-29;3*1-5(2,3)4;/h1-10,25-27H,11-19H2;3*(H3,1,2,3,4);1H2. The van der Waals surface area contributed by atoms with Crippen molar-refractivity contribution in [3.63, 3.8) is 0 Å². The molecule has 2 aromatic carbocycles. The van der Waals surface area contributed by atoms with Crippen LogP contribution in [0.25, 0.3) is 10.8 Å². The van der Waals surface area contributed by atoms with Crippen molar-refractivity contribution < 1.29 is 79.2 Å². The van der Waals surface area contributed by atoms with Crippen LogP contribution in [0.3, 0.4) is 0 Å². The Morgan fingerprint density at radius 2 is 1.18 bits per heavy atom. The first-order valence-electron chi connectivity index (χ1n) is 13.3. The van der Waals surface area contributed by atoms with Crippen LogP contribution in [0.2, 0.25) is 0 Å². The second-order valence-electron chi connectivity index (χ2n) is 9.42. The Morgan fingerprint density at radius 1 is 0.733 bits per heavy atom. The summed E-state index contributed by atoms with van der Waals surface area (Å²) in [5, 5.41) is 9.97. The molecule has 2 bridgehead atoms. The fourth-order valence-electron chi connectivity index (χ4n) is 4.14. The highest BCUT2D eigenvalue weighted by atomic mass is 31.2. The van der Waals surface area contributed by atoms with E-state index in [-0.39, 0.29) is 5.48 Å². The molecule has 18 nitrogen and oxygen atoms in total. The molecule has 3 aromatic rings. The van der Waals surface area contributed by atoms with E-state index in [4.69, 9.17) is 62.7 Å². The van der Waals surface area contributed by atoms with Crippen LogP contribution in [-0.4, -0.2) is 84.0 Å². The molecule has 0 radical (unpaired) electrons. The zero-order chi connectivity index (χ0) is 33.2. The van der Waals surface area contributed by atoms with Gasteiger partial charge in [0.2, 0.25) is 0 Å². The number of aromatic nitrogens is 1. The van der Waals surface area contributed by atoms with Gasteiger partial charge in [0.1, 0.15) is 19.6 Å². The van der Waals surface area contributed by atoms with E-state index in [1.165, 1.54) is 27.7 Å². The van der Waals surface area contributed by atoms with Crippen LogP contribution in [0.5, 0.6) is 0 Å². The molecule has 1 aliphatic heterocycles. The Morgan fingerprint density at radius 3 is 1.69 bits per heavy atom. The maximum Gasteiger partial charge on any atom is 0.262 e. The first kappa shape index (κ1) is 43.0. The quantitative estimate of drug-likeness (QED) is 0.0883. The lowest BCUT2D eigenvalue weighted by atomic mass is 10.0. The molecule has 45 heavy (non-hydrogen) atoms. The molecule has 0 unspecified atom stereocenters. The number of pyridine rings is 1. The van der Waals surface area contributed by atoms with Gasteiger partial charge in [0.25, 0.3) is 23.5 Å². The molecule has 0 aliphatic carbocycles. The van der Waals surface area contributed by atoms with E-state index >= 15 is 0 Å². The molecule has 21 heteroatoms. The smallest absolute Gasteiger partial charge is 0.262 e. The van der Waals surface area contributed by atoms with E-state index in [1.807, 2.05) is 0 Å². The summed E-state index contributed by atoms with van der Waals surface area (Å²) in [5.41, 5.74) is 3.84. The third-order valence-corrected chi connectivity index (χ3v) is 5.76. The largest absolute Gasteiger partial charge is 0.756 e. The van der Waals surface area contributed by atoms with Crippen molar-refractivity contribution >= 4 is 34.2 Å². The van der Waals surface area contributed by atoms with Crippen molar-refractivity contribution in [2.45, 2.75) is 19.6 Å². The van der Waals surface area contributed by atoms with Gasteiger partial charge >= 0.3 is 0 Å². The molecular formula is C24H42N5O13P3. The minimum atomic E-state index is -4.89. The lowest BCUT2D eigenvalue weighted by Crippen LogP contribution is -2.87. The summed E-state index contributed by atoms with van der Waals surface area (Å²) in [6.45, 7) is 9.87. The number of hydrogen-bond acceptors (Lipinski definition) is 8. The second kappa shape index (κ2) is 21.7. The highest BCUT2D eigenvalue weighted by molar-refractivity contribution is 7.44. The predicted molar refractivity (Wildman–Crippen MR) is 156 cm³/mol. The van der Waals surface area contributed by atoms with Crippen LogP contribution in [0.4, 0.5) is 0 Å². The molecule has 1 aliphatic rings. The Balaban J connectivity index is 0.00000101. The molecule has 0 atom stereocenters. The van der Waals surface area contributed by atoms with E-state index in [1.54, 1.807) is 0 Å². The van der Waals surface area contributed by atoms with Crippen molar-refractivity contribution in [2.24, 2.45) is 0 Å². The zero-order valence-corrected chi connectivity index (χ0v) is 26.9. The minimum absolute atomic E-state index is 0. The van der Waals surface area contributed by atoms with Crippen molar-refractivity contribution in [2.75, 3.05) is 39.3 Å². The Hall–Kier alpha value is -2.02. The average molecular weight is 702 g/mol. The maximum absolute atomic E-state index is 8.77. The first-order valence-corrected chi connectivity index (χ1v) is 17.9. The number of quaternary nitrogens is 3. The van der Waals surface area contributed by atoms with Gasteiger partial charge in [-0.05, 0) is 22.9 Å². The normalized spacial score (nSPS) is 14.4. The summed E-state index contributed by atoms with van der Waals surface area (Å²) in [5.74, 6) is 0. The number of benzene rings is 2. The van der Waals surface area contributed by atoms with Crippen LogP contribution in [-0.2, 0) is 33.3 Å². The van der Waals surface area contributed by atoms with Crippen LogP contribution in [0, 0.1) is 0 Å². The van der Waals surface area contributed by atoms with E-state index < -0.39 is 23.5 Å². The summed E-state index contributed by atoms with van der Waals surface area (Å²) in [7, 11) is -14.7. The van der Waals surface area contributed by atoms with E-state index in [0.29, 0.717) is 0 Å². The summed E-state index contributed by atoms with van der Waals surface area (Å²) in [6.07, 6.45) is 0. The monoisotopic (exact) mass is 701 g/mol. The minimum Gasteiger partial charge on any atom is -0.756 e. The van der Waals surface area contributed by atoms with Crippen molar-refractivity contribution in [1.82, 2.24) is 9.88 Å². The lowest BCUT2D eigenvalue weighted by Gasteiger charge is -2.20. The third-order valence-electron chi connectivity index (χ3n) is 5.76. The predicted octanol–water partition coefficient (Wildman–Crippen LogP) is -6.07. The highest BCUT2D eigenvalue weighted by Gasteiger charge is 2.11. The van der Waals surface area contributed by atoms with Gasteiger partial charge in [-0.3, -0.25) is 18.6 Å². The Bertz CT molecular complexity index is 1300. The third kappa shape index (κ3) is 26.9. The fourth-order valence-corrected chi connectivity index (χ4v) is 4.14. The highest BCUT2D eigenvalue weighted by Crippen LogP contribution is 2.20. The molecule has 14 N–H and O–H groups in total. The molecule has 256 valence electrons. The summed E-state index contributed by atoms with van der Waals surface area (Å²) >= 11 is 0. The number of rotatable bonds is 5. The number of hydrogen-bond donors (Lipinski definition) is 9. The number of fused-ring (bicyclic) bond motifs is 3. The molecule has 0 fully saturated rings. The summed E-state index contributed by atoms with van der Waals surface area (Å²) in [6, 6.07) is 21.8. The molecule has 1 aromatic heterocycles. The molecular weight excluding hydrogens is 659 g/mol. The Kier molecular flexibility index (Phi) is 20.7. The number of nitrogens with two attached hydrogens (primary N) is 3. The van der Waals surface area contributed by atoms with Gasteiger partial charge in [-0.1, -0.05) is 48.5 Å². The molecule has 0 amide bonds. The fraction of sp³-hybridized carbons (Fsp3) is 0.375. The topological polar surface area (TPSA) is 339 Å². The van der Waals surface area contributed by atoms with Gasteiger partial charge in [0.15, 0.2) is 0 Å². The van der Waals surface area contributed by atoms with Gasteiger partial charge in [-0.15, -0.1) is 0 Å². The lowest BCUT2D eigenvalue weighted by molar-refractivity contribution is -0.680. The number of nitrogens with zero attached hydrogens (tertiary/aromatic N) is 2.